The van der Waals surface area contributed by atoms with Crippen molar-refractivity contribution in [3.63, 3.8) is 0 Å². The Balaban J connectivity index is 0.000000567. The van der Waals surface area contributed by atoms with Crippen LogP contribution < -0.4 is 11.1 Å². The number of benzene rings is 1. The van der Waals surface area contributed by atoms with Crippen molar-refractivity contribution in [3.05, 3.63) is 42.1 Å². The van der Waals surface area contributed by atoms with Crippen LogP contribution in [-0.2, 0) is 11.3 Å². The minimum Gasteiger partial charge on any atom is -0.481 e. The number of carboxylic acid groups (broad SMARTS) is 1. The number of nitrogens with zero attached hydrogens (tertiary/aromatic N) is 4. The van der Waals surface area contributed by atoms with Crippen molar-refractivity contribution in [2.45, 2.75) is 51.3 Å². The van der Waals surface area contributed by atoms with Gasteiger partial charge >= 0.3 is 0 Å². The van der Waals surface area contributed by atoms with Crippen LogP contribution in [0, 0.1) is 0 Å². The summed E-state index contributed by atoms with van der Waals surface area (Å²) in [5.74, 6) is -0.369. The van der Waals surface area contributed by atoms with Crippen molar-refractivity contribution in [2.75, 3.05) is 11.1 Å². The lowest BCUT2D eigenvalue weighted by molar-refractivity contribution is -0.134. The number of nitrogen functional groups attached to an aromatic ring is 1. The first-order valence-electron chi connectivity index (χ1n) is 10.5. The molecule has 0 bridgehead atoms. The minimum atomic E-state index is -0.833. The van der Waals surface area contributed by atoms with Gasteiger partial charge in [0.05, 0.1) is 28.9 Å². The highest BCUT2D eigenvalue weighted by Gasteiger charge is 2.23. The largest absolute Gasteiger partial charge is 0.481 e. The third kappa shape index (κ3) is 4.97. The van der Waals surface area contributed by atoms with Crippen molar-refractivity contribution in [3.8, 4) is 0 Å². The Hall–Kier alpha value is -3.24. The zero-order chi connectivity index (χ0) is 22.7. The maximum Gasteiger partial charge on any atom is 0.300 e. The molecule has 168 valence electrons. The second-order valence-electron chi connectivity index (χ2n) is 7.85. The zero-order valence-corrected chi connectivity index (χ0v) is 18.5. The van der Waals surface area contributed by atoms with Crippen molar-refractivity contribution < 1.29 is 15.0 Å². The van der Waals surface area contributed by atoms with E-state index in [4.69, 9.17) is 15.6 Å². The number of rotatable bonds is 4. The van der Waals surface area contributed by atoms with E-state index in [1.54, 1.807) is 17.5 Å². The smallest absolute Gasteiger partial charge is 0.300 e. The fourth-order valence-corrected chi connectivity index (χ4v) is 4.87. The highest BCUT2D eigenvalue weighted by atomic mass is 32.1. The van der Waals surface area contributed by atoms with Gasteiger partial charge in [-0.05, 0) is 42.7 Å². The van der Waals surface area contributed by atoms with Gasteiger partial charge in [0.1, 0.15) is 5.52 Å². The summed E-state index contributed by atoms with van der Waals surface area (Å²) in [6.45, 7) is 1.69. The first kappa shape index (κ1) is 22.0. The van der Waals surface area contributed by atoms with E-state index < -0.39 is 5.97 Å². The third-order valence-corrected chi connectivity index (χ3v) is 6.31. The number of nitrogens with two attached hydrogens (primary N) is 1. The Bertz CT molecular complexity index is 1230. The molecule has 1 fully saturated rings. The zero-order valence-electron chi connectivity index (χ0n) is 17.7. The highest BCUT2D eigenvalue weighted by molar-refractivity contribution is 7.22. The molecule has 4 aromatic rings. The van der Waals surface area contributed by atoms with Crippen LogP contribution in [-0.4, -0.2) is 47.8 Å². The summed E-state index contributed by atoms with van der Waals surface area (Å²) in [5, 5.41) is 21.9. The number of nitrogens with one attached hydrogen (secondary N) is 1. The molecule has 9 nitrogen and oxygen atoms in total. The number of thiazole rings is 1. The van der Waals surface area contributed by atoms with Gasteiger partial charge in [-0.1, -0.05) is 30.2 Å². The summed E-state index contributed by atoms with van der Waals surface area (Å²) in [7, 11) is 0. The normalized spacial score (nSPS) is 18.3. The average Bonchev–Trinajstić information content (AvgIpc) is 3.29. The number of imidazole rings is 1. The summed E-state index contributed by atoms with van der Waals surface area (Å²) >= 11 is 1.62. The molecule has 0 saturated heterocycles. The number of aliphatic carboxylic acids is 1. The molecule has 0 amide bonds. The molecular formula is C22H26N6O3S. The quantitative estimate of drug-likeness (QED) is 0.367. The van der Waals surface area contributed by atoms with Crippen LogP contribution in [0.3, 0.4) is 0 Å². The first-order valence-corrected chi connectivity index (χ1v) is 11.3. The second kappa shape index (κ2) is 9.49. The lowest BCUT2D eigenvalue weighted by Crippen LogP contribution is -2.36. The Kier molecular flexibility index (Phi) is 6.52. The molecule has 3 aromatic heterocycles. The first-order chi connectivity index (χ1) is 15.4. The standard InChI is InChI=1S/C20H22N6OS.C2H4O2/c21-19-23-15-5-3-9-22-18(15)26(19)11-12-7-8-14-17(10-12)28-20(25-14)24-13-4-1-2-6-16(13)27;1-2(3)4/h3,5,7-10,13,16,27H,1-2,4,6,11H2,(H2,21,23)(H,24,25);1H3,(H,3,4). The van der Waals surface area contributed by atoms with E-state index in [-0.39, 0.29) is 12.1 Å². The molecule has 10 heteroatoms. The average molecular weight is 455 g/mol. The van der Waals surface area contributed by atoms with E-state index in [0.717, 1.165) is 64.7 Å². The number of aliphatic hydroxyl groups is 1. The molecule has 1 saturated carbocycles. The fourth-order valence-electron chi connectivity index (χ4n) is 3.88. The monoisotopic (exact) mass is 454 g/mol. The SMILES string of the molecule is CC(=O)O.Nc1nc2cccnc2n1Cc1ccc2nc(NC3CCCCC3O)sc2c1. The number of aliphatic hydroxyl groups excluding tert-OH is 1. The number of hydrogen-bond donors (Lipinski definition) is 4. The third-order valence-electron chi connectivity index (χ3n) is 5.37. The van der Waals surface area contributed by atoms with Gasteiger partial charge < -0.3 is 21.3 Å². The van der Waals surface area contributed by atoms with Gasteiger partial charge in [0.2, 0.25) is 5.95 Å². The molecule has 2 unspecified atom stereocenters. The van der Waals surface area contributed by atoms with Gasteiger partial charge in [0, 0.05) is 13.1 Å². The molecule has 0 radical (unpaired) electrons. The summed E-state index contributed by atoms with van der Waals surface area (Å²) in [4.78, 5) is 22.5. The van der Waals surface area contributed by atoms with Gasteiger partial charge in [0.25, 0.3) is 5.97 Å². The number of carboxylic acids is 1. The number of carbonyl (C=O) groups is 1. The van der Waals surface area contributed by atoms with Crippen molar-refractivity contribution in [2.24, 2.45) is 0 Å². The van der Waals surface area contributed by atoms with E-state index in [1.165, 1.54) is 0 Å². The van der Waals surface area contributed by atoms with Gasteiger partial charge in [-0.15, -0.1) is 0 Å². The van der Waals surface area contributed by atoms with Gasteiger partial charge in [-0.25, -0.2) is 15.0 Å². The van der Waals surface area contributed by atoms with Crippen molar-refractivity contribution in [1.29, 1.82) is 0 Å². The molecule has 5 rings (SSSR count). The molecule has 0 spiro atoms. The van der Waals surface area contributed by atoms with Gasteiger partial charge in [-0.3, -0.25) is 9.36 Å². The van der Waals surface area contributed by atoms with E-state index in [2.05, 4.69) is 32.4 Å². The maximum absolute atomic E-state index is 10.2. The van der Waals surface area contributed by atoms with Crippen LogP contribution in [0.4, 0.5) is 11.1 Å². The molecule has 32 heavy (non-hydrogen) atoms. The van der Waals surface area contributed by atoms with Crippen LogP contribution >= 0.6 is 11.3 Å². The van der Waals surface area contributed by atoms with Crippen LogP contribution in [0.5, 0.6) is 0 Å². The number of hydrogen-bond acceptors (Lipinski definition) is 8. The van der Waals surface area contributed by atoms with Crippen LogP contribution in [0.15, 0.2) is 36.5 Å². The summed E-state index contributed by atoms with van der Waals surface area (Å²) in [5.41, 5.74) is 9.78. The number of fused-ring (bicyclic) bond motifs is 2. The van der Waals surface area contributed by atoms with Crippen LogP contribution in [0.1, 0.15) is 38.2 Å². The maximum atomic E-state index is 10.2. The number of pyridine rings is 1. The van der Waals surface area contributed by atoms with E-state index in [9.17, 15) is 5.11 Å². The Morgan fingerprint density at radius 2 is 2.03 bits per heavy atom. The molecule has 2 atom stereocenters. The Morgan fingerprint density at radius 3 is 2.81 bits per heavy atom. The van der Waals surface area contributed by atoms with Gasteiger partial charge in [-0.2, -0.15) is 0 Å². The molecule has 1 aromatic carbocycles. The van der Waals surface area contributed by atoms with E-state index in [0.29, 0.717) is 12.5 Å². The topological polar surface area (TPSA) is 139 Å². The van der Waals surface area contributed by atoms with Crippen molar-refractivity contribution >= 4 is 49.8 Å². The molecule has 3 heterocycles. The lowest BCUT2D eigenvalue weighted by atomic mass is 9.93. The summed E-state index contributed by atoms with van der Waals surface area (Å²) in [6, 6.07) is 10.1. The van der Waals surface area contributed by atoms with Crippen molar-refractivity contribution in [1.82, 2.24) is 19.5 Å². The minimum absolute atomic E-state index is 0.0944. The number of anilines is 2. The molecule has 1 aliphatic carbocycles. The fraction of sp³-hybridized carbons (Fsp3) is 0.364. The highest BCUT2D eigenvalue weighted by Crippen LogP contribution is 2.30. The number of aromatic nitrogens is 4. The summed E-state index contributed by atoms with van der Waals surface area (Å²) in [6.07, 6.45) is 5.57. The van der Waals surface area contributed by atoms with E-state index in [1.807, 2.05) is 22.8 Å². The van der Waals surface area contributed by atoms with Gasteiger partial charge in [0.15, 0.2) is 10.8 Å². The van der Waals surface area contributed by atoms with Crippen LogP contribution in [0.2, 0.25) is 0 Å². The molecular weight excluding hydrogens is 428 g/mol. The summed E-state index contributed by atoms with van der Waals surface area (Å²) < 4.78 is 3.04. The molecule has 1 aliphatic rings. The second-order valence-corrected chi connectivity index (χ2v) is 8.88. The van der Waals surface area contributed by atoms with E-state index >= 15 is 0 Å². The Labute approximate surface area is 188 Å². The van der Waals surface area contributed by atoms with Crippen LogP contribution in [0.25, 0.3) is 21.4 Å². The molecule has 5 N–H and O–H groups in total. The predicted molar refractivity (Wildman–Crippen MR) is 126 cm³/mol. The predicted octanol–water partition coefficient (Wildman–Crippen LogP) is 3.48. The molecule has 0 aliphatic heterocycles. The lowest BCUT2D eigenvalue weighted by Gasteiger charge is -2.27. The Morgan fingerprint density at radius 1 is 1.25 bits per heavy atom.